The predicted octanol–water partition coefficient (Wildman–Crippen LogP) is 3.37. The third kappa shape index (κ3) is 2.37. The summed E-state index contributed by atoms with van der Waals surface area (Å²) >= 11 is 11.9. The average molecular weight is 321 g/mol. The zero-order valence-electron chi connectivity index (χ0n) is 10.8. The maximum absolute atomic E-state index is 12.4. The summed E-state index contributed by atoms with van der Waals surface area (Å²) in [4.78, 5) is 25.8. The number of carbonyl (C=O) groups excluding carboxylic acids is 2. The molecular weight excluding hydrogens is 311 g/mol. The zero-order chi connectivity index (χ0) is 15.1. The van der Waals surface area contributed by atoms with Crippen LogP contribution in [0.1, 0.15) is 26.3 Å². The van der Waals surface area contributed by atoms with E-state index in [0.717, 1.165) is 4.90 Å². The van der Waals surface area contributed by atoms with E-state index in [1.54, 1.807) is 36.4 Å². The molecule has 1 aliphatic heterocycles. The van der Waals surface area contributed by atoms with E-state index in [1.165, 1.54) is 0 Å². The second-order valence-electron chi connectivity index (χ2n) is 4.74. The second kappa shape index (κ2) is 5.06. The highest BCUT2D eigenvalue weighted by atomic mass is 35.5. The number of carbonyl (C=O) groups is 2. The Morgan fingerprint density at radius 3 is 2.29 bits per heavy atom. The molecule has 1 heterocycles. The molecule has 0 radical (unpaired) electrons. The first-order chi connectivity index (χ1) is 9.97. The van der Waals surface area contributed by atoms with Gasteiger partial charge in [0.15, 0.2) is 0 Å². The van der Waals surface area contributed by atoms with Crippen LogP contribution in [0.25, 0.3) is 0 Å². The molecular formula is C15H10Cl2N2O2. The summed E-state index contributed by atoms with van der Waals surface area (Å²) in [6.45, 7) is 0.103. The van der Waals surface area contributed by atoms with Gasteiger partial charge in [0.05, 0.1) is 17.7 Å². The Balaban J connectivity index is 1.97. The molecule has 1 aliphatic rings. The third-order valence-corrected chi connectivity index (χ3v) is 3.73. The van der Waals surface area contributed by atoms with Gasteiger partial charge in [-0.15, -0.1) is 0 Å². The Morgan fingerprint density at radius 2 is 1.67 bits per heavy atom. The molecule has 2 aromatic carbocycles. The Hall–Kier alpha value is -2.04. The van der Waals surface area contributed by atoms with E-state index in [4.69, 9.17) is 28.9 Å². The summed E-state index contributed by atoms with van der Waals surface area (Å²) in [6, 6.07) is 9.77. The standard InChI is InChI=1S/C15H10Cl2N2O2/c16-9-4-8(5-10(17)6-9)7-19-14(20)11-2-1-3-12(18)13(11)15(19)21/h1-6H,7,18H2. The molecule has 0 bridgehead atoms. The smallest absolute Gasteiger partial charge is 0.263 e. The maximum atomic E-state index is 12.4. The van der Waals surface area contributed by atoms with Gasteiger partial charge in [-0.05, 0) is 35.9 Å². The van der Waals surface area contributed by atoms with Crippen molar-refractivity contribution in [3.8, 4) is 0 Å². The van der Waals surface area contributed by atoms with E-state index in [1.807, 2.05) is 0 Å². The summed E-state index contributed by atoms with van der Waals surface area (Å²) in [5.74, 6) is -0.761. The normalized spacial score (nSPS) is 13.7. The van der Waals surface area contributed by atoms with Gasteiger partial charge in [0.2, 0.25) is 0 Å². The van der Waals surface area contributed by atoms with Gasteiger partial charge < -0.3 is 5.73 Å². The predicted molar refractivity (Wildman–Crippen MR) is 81.5 cm³/mol. The summed E-state index contributed by atoms with van der Waals surface area (Å²) in [5.41, 5.74) is 7.36. The lowest BCUT2D eigenvalue weighted by atomic mass is 10.1. The van der Waals surface area contributed by atoms with Crippen LogP contribution in [0, 0.1) is 0 Å². The number of rotatable bonds is 2. The topological polar surface area (TPSA) is 63.4 Å². The van der Waals surface area contributed by atoms with Gasteiger partial charge in [0.25, 0.3) is 11.8 Å². The van der Waals surface area contributed by atoms with E-state index >= 15 is 0 Å². The van der Waals surface area contributed by atoms with Gasteiger partial charge >= 0.3 is 0 Å². The highest BCUT2D eigenvalue weighted by Crippen LogP contribution is 2.29. The highest BCUT2D eigenvalue weighted by molar-refractivity contribution is 6.34. The van der Waals surface area contributed by atoms with Gasteiger partial charge in [-0.1, -0.05) is 29.3 Å². The van der Waals surface area contributed by atoms with Crippen molar-refractivity contribution in [1.82, 2.24) is 4.90 Å². The number of nitrogens with zero attached hydrogens (tertiary/aromatic N) is 1. The molecule has 6 heteroatoms. The number of anilines is 1. The Kier molecular flexibility index (Phi) is 3.35. The average Bonchev–Trinajstić information content (AvgIpc) is 2.64. The first-order valence-electron chi connectivity index (χ1n) is 6.17. The van der Waals surface area contributed by atoms with Gasteiger partial charge in [-0.25, -0.2) is 0 Å². The summed E-state index contributed by atoms with van der Waals surface area (Å²) in [5, 5.41) is 0.905. The van der Waals surface area contributed by atoms with Crippen LogP contribution in [0.15, 0.2) is 36.4 Å². The lowest BCUT2D eigenvalue weighted by Crippen LogP contribution is -2.29. The van der Waals surface area contributed by atoms with Crippen molar-refractivity contribution >= 4 is 40.7 Å². The SMILES string of the molecule is Nc1cccc2c1C(=O)N(Cc1cc(Cl)cc(Cl)c1)C2=O. The van der Waals surface area contributed by atoms with E-state index < -0.39 is 5.91 Å². The number of fused-ring (bicyclic) bond motifs is 1. The van der Waals surface area contributed by atoms with Crippen LogP contribution < -0.4 is 5.73 Å². The number of hydrogen-bond donors (Lipinski definition) is 1. The molecule has 2 amide bonds. The molecule has 0 aromatic heterocycles. The van der Waals surface area contributed by atoms with E-state index in [2.05, 4.69) is 0 Å². The molecule has 0 aliphatic carbocycles. The van der Waals surface area contributed by atoms with Crippen molar-refractivity contribution in [2.45, 2.75) is 6.54 Å². The number of nitrogen functional groups attached to an aromatic ring is 1. The number of nitrogens with two attached hydrogens (primary N) is 1. The largest absolute Gasteiger partial charge is 0.398 e. The van der Waals surface area contributed by atoms with E-state index in [-0.39, 0.29) is 18.0 Å². The molecule has 4 nitrogen and oxygen atoms in total. The number of halogens is 2. The zero-order valence-corrected chi connectivity index (χ0v) is 12.3. The summed E-state index contributed by atoms with van der Waals surface area (Å²) < 4.78 is 0. The van der Waals surface area contributed by atoms with Gasteiger partial charge in [0.1, 0.15) is 0 Å². The highest BCUT2D eigenvalue weighted by Gasteiger charge is 2.36. The van der Waals surface area contributed by atoms with Gasteiger partial charge in [-0.2, -0.15) is 0 Å². The third-order valence-electron chi connectivity index (χ3n) is 3.29. The van der Waals surface area contributed by atoms with Crippen LogP contribution in [-0.4, -0.2) is 16.7 Å². The minimum atomic E-state index is -0.399. The number of benzene rings is 2. The number of amides is 2. The lowest BCUT2D eigenvalue weighted by molar-refractivity contribution is 0.0642. The molecule has 0 atom stereocenters. The van der Waals surface area contributed by atoms with Crippen molar-refractivity contribution < 1.29 is 9.59 Å². The van der Waals surface area contributed by atoms with Crippen LogP contribution >= 0.6 is 23.2 Å². The molecule has 21 heavy (non-hydrogen) atoms. The fourth-order valence-electron chi connectivity index (χ4n) is 2.39. The van der Waals surface area contributed by atoms with Crippen LogP contribution in [0.5, 0.6) is 0 Å². The first kappa shape index (κ1) is 13.9. The molecule has 0 unspecified atom stereocenters. The quantitative estimate of drug-likeness (QED) is 0.681. The van der Waals surface area contributed by atoms with Crippen LogP contribution in [-0.2, 0) is 6.54 Å². The van der Waals surface area contributed by atoms with Crippen LogP contribution in [0.4, 0.5) is 5.69 Å². The van der Waals surface area contributed by atoms with Crippen molar-refractivity contribution in [2.24, 2.45) is 0 Å². The van der Waals surface area contributed by atoms with E-state index in [9.17, 15) is 9.59 Å². The molecule has 0 spiro atoms. The lowest BCUT2D eigenvalue weighted by Gasteiger charge is -2.14. The van der Waals surface area contributed by atoms with Crippen molar-refractivity contribution in [3.63, 3.8) is 0 Å². The number of hydrogen-bond acceptors (Lipinski definition) is 3. The Labute approximate surface area is 131 Å². The van der Waals surface area contributed by atoms with Crippen molar-refractivity contribution in [2.75, 3.05) is 5.73 Å². The first-order valence-corrected chi connectivity index (χ1v) is 6.92. The minimum Gasteiger partial charge on any atom is -0.398 e. The molecule has 0 saturated heterocycles. The molecule has 0 fully saturated rings. The molecule has 106 valence electrons. The summed E-state index contributed by atoms with van der Waals surface area (Å²) in [6.07, 6.45) is 0. The van der Waals surface area contributed by atoms with Crippen molar-refractivity contribution in [3.05, 3.63) is 63.1 Å². The fraction of sp³-hybridized carbons (Fsp3) is 0.0667. The van der Waals surface area contributed by atoms with Crippen LogP contribution in [0.2, 0.25) is 10.0 Å². The summed E-state index contributed by atoms with van der Waals surface area (Å²) in [7, 11) is 0. The molecule has 2 N–H and O–H groups in total. The molecule has 2 aromatic rings. The van der Waals surface area contributed by atoms with Gasteiger partial charge in [0, 0.05) is 15.7 Å². The molecule has 3 rings (SSSR count). The van der Waals surface area contributed by atoms with E-state index in [0.29, 0.717) is 26.9 Å². The minimum absolute atomic E-state index is 0.103. The van der Waals surface area contributed by atoms with Gasteiger partial charge in [-0.3, -0.25) is 14.5 Å². The fourth-order valence-corrected chi connectivity index (χ4v) is 2.96. The maximum Gasteiger partial charge on any atom is 0.263 e. The second-order valence-corrected chi connectivity index (χ2v) is 5.62. The van der Waals surface area contributed by atoms with Crippen LogP contribution in [0.3, 0.4) is 0 Å². The number of imide groups is 1. The Bertz CT molecular complexity index is 754. The Morgan fingerprint density at radius 1 is 1.00 bits per heavy atom. The monoisotopic (exact) mass is 320 g/mol. The van der Waals surface area contributed by atoms with Crippen molar-refractivity contribution in [1.29, 1.82) is 0 Å². The molecule has 0 saturated carbocycles.